The van der Waals surface area contributed by atoms with Crippen molar-refractivity contribution in [1.82, 2.24) is 0 Å². The van der Waals surface area contributed by atoms with E-state index in [9.17, 15) is 0 Å². The lowest BCUT2D eigenvalue weighted by Crippen LogP contribution is -2.37. The van der Waals surface area contributed by atoms with Gasteiger partial charge in [-0.1, -0.05) is 50.8 Å². The lowest BCUT2D eigenvalue weighted by atomic mass is 9.62. The van der Waals surface area contributed by atoms with Crippen molar-refractivity contribution in [2.45, 2.75) is 37.5 Å². The van der Waals surface area contributed by atoms with Gasteiger partial charge in [-0.25, -0.2) is 0 Å². The Labute approximate surface area is 171 Å². The summed E-state index contributed by atoms with van der Waals surface area (Å²) in [6, 6.07) is 4.19. The Hall–Kier alpha value is -1.00. The van der Waals surface area contributed by atoms with Gasteiger partial charge in [0.1, 0.15) is 11.5 Å². The number of allylic oxidation sites excluding steroid dienone is 5. The lowest BCUT2D eigenvalue weighted by Gasteiger charge is -2.41. The monoisotopic (exact) mass is 476 g/mol. The zero-order valence-corrected chi connectivity index (χ0v) is 18.2. The Morgan fingerprint density at radius 1 is 1.04 bits per heavy atom. The molecule has 0 aromatic heterocycles. The van der Waals surface area contributed by atoms with E-state index in [2.05, 4.69) is 50.1 Å². The van der Waals surface area contributed by atoms with Crippen molar-refractivity contribution in [3.63, 3.8) is 0 Å². The molecule has 0 N–H and O–H groups in total. The second-order valence-electron chi connectivity index (χ2n) is 7.77. The Balaban J connectivity index is 1.91. The standard InChI is InChI=1S/C22H22Br2O2/c1-25-18-10-9-17(24)20-19(18)21(26-2)14-7-8-16(23)15-11-12-5-3-4-6-13(12)22(14,15)20/h7-10,12-13H,3-6,11H2,1-2H3. The van der Waals surface area contributed by atoms with Crippen LogP contribution in [0.25, 0.3) is 5.76 Å². The van der Waals surface area contributed by atoms with Crippen LogP contribution >= 0.6 is 31.9 Å². The molecule has 0 saturated heterocycles. The molecule has 1 aromatic carbocycles. The molecule has 26 heavy (non-hydrogen) atoms. The molecule has 1 spiro atoms. The first-order chi connectivity index (χ1) is 12.6. The van der Waals surface area contributed by atoms with E-state index in [0.29, 0.717) is 5.92 Å². The Morgan fingerprint density at radius 2 is 1.85 bits per heavy atom. The third-order valence-electron chi connectivity index (χ3n) is 6.92. The summed E-state index contributed by atoms with van der Waals surface area (Å²) in [7, 11) is 3.54. The molecule has 3 atom stereocenters. The molecule has 0 radical (unpaired) electrons. The van der Waals surface area contributed by atoms with Crippen LogP contribution in [-0.4, -0.2) is 14.2 Å². The largest absolute Gasteiger partial charge is 0.496 e. The van der Waals surface area contributed by atoms with Crippen molar-refractivity contribution in [2.75, 3.05) is 14.2 Å². The number of ether oxygens (including phenoxy) is 2. The van der Waals surface area contributed by atoms with Crippen molar-refractivity contribution < 1.29 is 9.47 Å². The summed E-state index contributed by atoms with van der Waals surface area (Å²) >= 11 is 7.79. The second kappa shape index (κ2) is 6.00. The summed E-state index contributed by atoms with van der Waals surface area (Å²) in [6.45, 7) is 0. The van der Waals surface area contributed by atoms with E-state index in [-0.39, 0.29) is 5.41 Å². The topological polar surface area (TPSA) is 18.5 Å². The molecule has 3 unspecified atom stereocenters. The minimum atomic E-state index is -0.0767. The fraction of sp³-hybridized carbons (Fsp3) is 0.455. The first-order valence-electron chi connectivity index (χ1n) is 9.37. The Bertz CT molecular complexity index is 896. The van der Waals surface area contributed by atoms with E-state index < -0.39 is 0 Å². The van der Waals surface area contributed by atoms with E-state index in [1.807, 2.05) is 6.07 Å². The van der Waals surface area contributed by atoms with Crippen LogP contribution in [0.3, 0.4) is 0 Å². The molecule has 4 heteroatoms. The number of methoxy groups -OCH3 is 2. The summed E-state index contributed by atoms with van der Waals surface area (Å²) in [6.07, 6.45) is 11.0. The molecule has 0 bridgehead atoms. The molecular formula is C22H22Br2O2. The number of fused-ring (bicyclic) bond motifs is 2. The van der Waals surface area contributed by atoms with Crippen LogP contribution in [0.4, 0.5) is 0 Å². The molecule has 0 heterocycles. The van der Waals surface area contributed by atoms with Crippen LogP contribution in [0, 0.1) is 11.8 Å². The fourth-order valence-corrected chi connectivity index (χ4v) is 7.37. The average molecular weight is 478 g/mol. The first kappa shape index (κ1) is 17.1. The quantitative estimate of drug-likeness (QED) is 0.484. The maximum Gasteiger partial charge on any atom is 0.134 e. The summed E-state index contributed by atoms with van der Waals surface area (Å²) in [5, 5.41) is 0. The first-order valence-corrected chi connectivity index (χ1v) is 11.0. The minimum absolute atomic E-state index is 0.0767. The van der Waals surface area contributed by atoms with Gasteiger partial charge in [0.15, 0.2) is 0 Å². The molecule has 5 rings (SSSR count). The predicted molar refractivity (Wildman–Crippen MR) is 111 cm³/mol. The molecule has 136 valence electrons. The smallest absolute Gasteiger partial charge is 0.134 e. The van der Waals surface area contributed by atoms with E-state index in [1.54, 1.807) is 14.2 Å². The third-order valence-corrected chi connectivity index (χ3v) is 8.33. The molecule has 4 aliphatic rings. The van der Waals surface area contributed by atoms with Crippen LogP contribution in [0.1, 0.15) is 43.2 Å². The van der Waals surface area contributed by atoms with Gasteiger partial charge >= 0.3 is 0 Å². The number of hydrogen-bond acceptors (Lipinski definition) is 2. The Morgan fingerprint density at radius 3 is 2.62 bits per heavy atom. The maximum atomic E-state index is 6.01. The summed E-state index contributed by atoms with van der Waals surface area (Å²) in [5.74, 6) is 3.27. The zero-order valence-electron chi connectivity index (χ0n) is 15.1. The third kappa shape index (κ3) is 1.93. The van der Waals surface area contributed by atoms with Gasteiger partial charge in [-0.05, 0) is 60.4 Å². The van der Waals surface area contributed by atoms with Crippen molar-refractivity contribution in [1.29, 1.82) is 0 Å². The van der Waals surface area contributed by atoms with E-state index >= 15 is 0 Å². The van der Waals surface area contributed by atoms with Crippen LogP contribution in [0.2, 0.25) is 0 Å². The second-order valence-corrected chi connectivity index (χ2v) is 9.48. The minimum Gasteiger partial charge on any atom is -0.496 e. The van der Waals surface area contributed by atoms with E-state index in [1.165, 1.54) is 53.3 Å². The maximum absolute atomic E-state index is 6.01. The molecule has 2 fully saturated rings. The van der Waals surface area contributed by atoms with Gasteiger partial charge in [-0.2, -0.15) is 0 Å². The lowest BCUT2D eigenvalue weighted by molar-refractivity contribution is 0.226. The number of benzene rings is 1. The number of hydrogen-bond donors (Lipinski definition) is 0. The SMILES string of the molecule is COC1=C2C=CC(Br)=C3CC4CCCCC4C23c2c(Br)ccc(OC)c21. The van der Waals surface area contributed by atoms with Gasteiger partial charge in [0, 0.05) is 14.5 Å². The van der Waals surface area contributed by atoms with Crippen LogP contribution in [0.5, 0.6) is 5.75 Å². The zero-order chi connectivity index (χ0) is 18.1. The summed E-state index contributed by atoms with van der Waals surface area (Å²) < 4.78 is 14.2. The van der Waals surface area contributed by atoms with Crippen molar-refractivity contribution in [3.8, 4) is 5.75 Å². The van der Waals surface area contributed by atoms with Gasteiger partial charge in [-0.15, -0.1) is 0 Å². The molecule has 0 amide bonds. The van der Waals surface area contributed by atoms with Crippen LogP contribution < -0.4 is 4.74 Å². The molecule has 2 saturated carbocycles. The van der Waals surface area contributed by atoms with E-state index in [0.717, 1.165) is 27.5 Å². The van der Waals surface area contributed by atoms with Gasteiger partial charge in [0.05, 0.1) is 25.2 Å². The van der Waals surface area contributed by atoms with Crippen molar-refractivity contribution in [3.05, 3.63) is 55.5 Å². The molecule has 0 aliphatic heterocycles. The average Bonchev–Trinajstić information content (AvgIpc) is 3.16. The highest BCUT2D eigenvalue weighted by molar-refractivity contribution is 9.12. The van der Waals surface area contributed by atoms with Gasteiger partial charge in [0.25, 0.3) is 0 Å². The van der Waals surface area contributed by atoms with Gasteiger partial charge < -0.3 is 9.47 Å². The van der Waals surface area contributed by atoms with Crippen LogP contribution in [-0.2, 0) is 10.2 Å². The Kier molecular flexibility index (Phi) is 3.95. The summed E-state index contributed by atoms with van der Waals surface area (Å²) in [5.41, 5.74) is 5.28. The molecule has 2 nitrogen and oxygen atoms in total. The number of rotatable bonds is 2. The van der Waals surface area contributed by atoms with Crippen molar-refractivity contribution >= 4 is 37.6 Å². The van der Waals surface area contributed by atoms with Crippen LogP contribution in [0.15, 0.2) is 44.4 Å². The van der Waals surface area contributed by atoms with Gasteiger partial charge in [0.2, 0.25) is 0 Å². The molecular weight excluding hydrogens is 456 g/mol. The molecule has 1 aromatic rings. The summed E-state index contributed by atoms with van der Waals surface area (Å²) in [4.78, 5) is 0. The normalized spacial score (nSPS) is 31.5. The van der Waals surface area contributed by atoms with Crippen molar-refractivity contribution in [2.24, 2.45) is 11.8 Å². The highest BCUT2D eigenvalue weighted by atomic mass is 79.9. The fourth-order valence-electron chi connectivity index (χ4n) is 6.12. The highest BCUT2D eigenvalue weighted by Gasteiger charge is 2.61. The predicted octanol–water partition coefficient (Wildman–Crippen LogP) is 6.50. The highest BCUT2D eigenvalue weighted by Crippen LogP contribution is 2.69. The molecule has 4 aliphatic carbocycles. The van der Waals surface area contributed by atoms with E-state index in [4.69, 9.17) is 9.47 Å². The number of halogens is 2. The van der Waals surface area contributed by atoms with Gasteiger partial charge in [-0.3, -0.25) is 0 Å².